The molecular formula is C44H51N4O6+. The number of aliphatic hydroxyl groups excluding tert-OH is 3. The molecular weight excluding hydrogens is 681 g/mol. The van der Waals surface area contributed by atoms with Crippen LogP contribution in [-0.2, 0) is 24.1 Å². The van der Waals surface area contributed by atoms with Gasteiger partial charge in [-0.1, -0.05) is 62.1 Å². The summed E-state index contributed by atoms with van der Waals surface area (Å²) >= 11 is 0. The van der Waals surface area contributed by atoms with Crippen LogP contribution in [0.2, 0.25) is 0 Å². The lowest BCUT2D eigenvalue weighted by atomic mass is 9.73. The van der Waals surface area contributed by atoms with Gasteiger partial charge in [-0.15, -0.1) is 0 Å². The van der Waals surface area contributed by atoms with Crippen LogP contribution in [0.3, 0.4) is 0 Å². The summed E-state index contributed by atoms with van der Waals surface area (Å²) in [6.07, 6.45) is 11.5. The van der Waals surface area contributed by atoms with E-state index >= 15 is 0 Å². The number of fused-ring (bicyclic) bond motifs is 8. The van der Waals surface area contributed by atoms with Crippen molar-refractivity contribution < 1.29 is 34.5 Å². The van der Waals surface area contributed by atoms with Crippen molar-refractivity contribution in [3.05, 3.63) is 81.2 Å². The second kappa shape index (κ2) is 15.5. The summed E-state index contributed by atoms with van der Waals surface area (Å²) in [5.74, 6) is 11.0. The fourth-order valence-electron chi connectivity index (χ4n) is 9.32. The van der Waals surface area contributed by atoms with Gasteiger partial charge in [-0.25, -0.2) is 0 Å². The lowest BCUT2D eigenvalue weighted by Crippen LogP contribution is -3.12. The van der Waals surface area contributed by atoms with Gasteiger partial charge in [0.2, 0.25) is 0 Å². The van der Waals surface area contributed by atoms with Crippen molar-refractivity contribution in [1.29, 1.82) is 0 Å². The number of benzene rings is 2. The zero-order valence-electron chi connectivity index (χ0n) is 31.0. The molecule has 1 saturated carbocycles. The van der Waals surface area contributed by atoms with Crippen LogP contribution in [-0.4, -0.2) is 58.8 Å². The first-order chi connectivity index (χ1) is 26.2. The van der Waals surface area contributed by atoms with E-state index in [1.807, 2.05) is 43.5 Å². The van der Waals surface area contributed by atoms with E-state index in [0.29, 0.717) is 37.3 Å². The summed E-state index contributed by atoms with van der Waals surface area (Å²) in [6.45, 7) is 3.42. The Balaban J connectivity index is 1.14. The van der Waals surface area contributed by atoms with Crippen molar-refractivity contribution in [3.63, 3.8) is 0 Å². The number of allylic oxidation sites excluding steroid dienone is 1. The molecule has 2 aromatic carbocycles. The molecule has 5 aliphatic heterocycles. The fourth-order valence-corrected chi connectivity index (χ4v) is 9.32. The van der Waals surface area contributed by atoms with E-state index in [1.54, 1.807) is 0 Å². The number of carbonyl (C=O) groups excluding carboxylic acids is 1. The third-order valence-corrected chi connectivity index (χ3v) is 12.2. The molecule has 1 spiro atoms. The van der Waals surface area contributed by atoms with Crippen molar-refractivity contribution >= 4 is 12.0 Å². The number of ketones is 1. The summed E-state index contributed by atoms with van der Waals surface area (Å²) < 4.78 is 13.2. The van der Waals surface area contributed by atoms with Crippen molar-refractivity contribution in [2.24, 2.45) is 22.1 Å². The molecule has 282 valence electrons. The molecule has 2 bridgehead atoms. The zero-order valence-corrected chi connectivity index (χ0v) is 31.0. The maximum Gasteiger partial charge on any atom is 0.252 e. The molecule has 54 heavy (non-hydrogen) atoms. The Hall–Kier alpha value is -4.26. The Morgan fingerprint density at radius 3 is 2.78 bits per heavy atom. The second-order valence-corrected chi connectivity index (χ2v) is 15.9. The first-order valence-corrected chi connectivity index (χ1v) is 19.7. The highest BCUT2D eigenvalue weighted by Crippen LogP contribution is 2.47. The number of aliphatic hydroxyl groups is 3. The Labute approximate surface area is 317 Å². The van der Waals surface area contributed by atoms with Gasteiger partial charge in [0, 0.05) is 37.6 Å². The van der Waals surface area contributed by atoms with Gasteiger partial charge < -0.3 is 30.5 Å². The predicted molar refractivity (Wildman–Crippen MR) is 204 cm³/mol. The van der Waals surface area contributed by atoms with E-state index in [9.17, 15) is 20.1 Å². The molecule has 1 unspecified atom stereocenters. The molecule has 10 nitrogen and oxygen atoms in total. The van der Waals surface area contributed by atoms with E-state index in [4.69, 9.17) is 20.2 Å². The molecule has 1 fully saturated rings. The molecule has 2 aromatic rings. The van der Waals surface area contributed by atoms with Crippen LogP contribution in [0.5, 0.6) is 11.5 Å². The molecule has 5 heterocycles. The number of quaternary nitrogens is 1. The molecule has 10 heteroatoms. The molecule has 1 aliphatic carbocycles. The minimum Gasteiger partial charge on any atom is -0.437 e. The minimum atomic E-state index is -1.02. The van der Waals surface area contributed by atoms with Gasteiger partial charge >= 0.3 is 0 Å². The number of aliphatic imine (C=N–C) groups is 1. The predicted octanol–water partition coefficient (Wildman–Crippen LogP) is 3.24. The van der Waals surface area contributed by atoms with E-state index < -0.39 is 30.0 Å². The quantitative estimate of drug-likeness (QED) is 0.215. The largest absolute Gasteiger partial charge is 0.437 e. The third-order valence-electron chi connectivity index (χ3n) is 12.2. The van der Waals surface area contributed by atoms with Crippen molar-refractivity contribution in [2.75, 3.05) is 13.1 Å². The van der Waals surface area contributed by atoms with Gasteiger partial charge in [-0.2, -0.15) is 0 Å². The molecule has 0 saturated heterocycles. The maximum absolute atomic E-state index is 12.9. The summed E-state index contributed by atoms with van der Waals surface area (Å²) in [4.78, 5) is 18.8. The Kier molecular flexibility index (Phi) is 10.5. The highest BCUT2D eigenvalue weighted by molar-refractivity contribution is 5.87. The first-order valence-electron chi connectivity index (χ1n) is 19.7. The van der Waals surface area contributed by atoms with Gasteiger partial charge in [0.25, 0.3) is 6.23 Å². The Bertz CT molecular complexity index is 2020. The third kappa shape index (κ3) is 7.27. The number of nitrogens with zero attached hydrogens (tertiary/aromatic N) is 1. The lowest BCUT2D eigenvalue weighted by Gasteiger charge is -2.36. The van der Waals surface area contributed by atoms with Crippen molar-refractivity contribution in [1.82, 2.24) is 5.32 Å². The number of aryl methyl sites for hydroxylation is 1. The van der Waals surface area contributed by atoms with Crippen molar-refractivity contribution in [2.45, 2.75) is 115 Å². The van der Waals surface area contributed by atoms with Crippen LogP contribution >= 0.6 is 0 Å². The molecule has 0 aromatic heterocycles. The number of hydrogen-bond donors (Lipinski definition) is 6. The highest BCUT2D eigenvalue weighted by Gasteiger charge is 2.51. The average Bonchev–Trinajstić information content (AvgIpc) is 3.89. The van der Waals surface area contributed by atoms with Crippen molar-refractivity contribution in [3.8, 4) is 35.4 Å². The van der Waals surface area contributed by atoms with Crippen LogP contribution in [0.25, 0.3) is 0 Å². The van der Waals surface area contributed by atoms with E-state index in [2.05, 4.69) is 35.4 Å². The maximum atomic E-state index is 12.9. The average molecular weight is 732 g/mol. The summed E-state index contributed by atoms with van der Waals surface area (Å²) in [6, 6.07) is 9.73. The van der Waals surface area contributed by atoms with Crippen LogP contribution < -0.4 is 25.4 Å². The molecule has 0 amide bonds. The Morgan fingerprint density at radius 2 is 1.94 bits per heavy atom. The number of nitrogens with two attached hydrogens (primary N) is 1. The molecule has 7 atom stereocenters. The van der Waals surface area contributed by atoms with Crippen LogP contribution in [0.15, 0.2) is 58.4 Å². The van der Waals surface area contributed by atoms with Crippen LogP contribution in [0.4, 0.5) is 0 Å². The number of carbonyl (C=O) groups is 1. The zero-order chi connectivity index (χ0) is 37.4. The van der Waals surface area contributed by atoms with Gasteiger partial charge in [0.05, 0.1) is 23.8 Å². The van der Waals surface area contributed by atoms with E-state index in [-0.39, 0.29) is 37.1 Å². The number of ether oxygens (including phenoxy) is 2. The second-order valence-electron chi connectivity index (χ2n) is 15.9. The van der Waals surface area contributed by atoms with E-state index in [1.165, 1.54) is 11.1 Å². The molecule has 6 aliphatic rings. The lowest BCUT2D eigenvalue weighted by molar-refractivity contribution is -0.891. The molecule has 8 rings (SSSR count). The summed E-state index contributed by atoms with van der Waals surface area (Å²) in [5, 5.41) is 35.7. The smallest absolute Gasteiger partial charge is 0.252 e. The molecule has 7 N–H and O–H groups in total. The standard InChI is InChI=1S/C44H50N4O6/c1-2-5-29(49)22-31(51)23-30(50)8-6-27-7-13-40-41(20-27)54-43-37(44(17-19-53-40)15-3-4-16-44)11-12-39(52)33-9-10-34-32(14-18-46-42(34)45)35(33)21-28-24-47-38-26-48(43)25-36(28)38/h7,9-10,13,20,24,26,29,31,37,39,42-43,46,49,51-52H,2-6,8,14-16,18,21-23,25,45H2,1H3/p+1/t29-,31+,37+,39-,42+,43+/m0/s1. The summed E-state index contributed by atoms with van der Waals surface area (Å²) in [7, 11) is 0. The Morgan fingerprint density at radius 1 is 1.11 bits per heavy atom. The highest BCUT2D eigenvalue weighted by atomic mass is 16.5. The van der Waals surface area contributed by atoms with E-state index in [0.717, 1.165) is 83.5 Å². The minimum absolute atomic E-state index is 0.0161. The summed E-state index contributed by atoms with van der Waals surface area (Å²) in [5.41, 5.74) is 14.3. The number of hydrogen-bond acceptors (Lipinski definition) is 9. The van der Waals surface area contributed by atoms with Gasteiger partial charge in [-0.05, 0) is 84.0 Å². The fraction of sp³-hybridized carbons (Fsp3) is 0.500. The first kappa shape index (κ1) is 36.7. The number of rotatable bonds is 9. The normalized spacial score (nSPS) is 26.9. The monoisotopic (exact) mass is 731 g/mol. The van der Waals surface area contributed by atoms with Crippen LogP contribution in [0.1, 0.15) is 105 Å². The molecule has 0 radical (unpaired) electrons. The van der Waals surface area contributed by atoms with Crippen LogP contribution in [0, 0.1) is 35.2 Å². The van der Waals surface area contributed by atoms with Gasteiger partial charge in [0.1, 0.15) is 42.4 Å². The number of nitrogens with one attached hydrogen (secondary N) is 2. The van der Waals surface area contributed by atoms with Gasteiger partial charge in [-0.3, -0.25) is 20.0 Å². The van der Waals surface area contributed by atoms with Gasteiger partial charge in [0.15, 0.2) is 11.5 Å². The number of Topliss-reactive ketones (excluding diaryl/α,β-unsaturated/α-hetero) is 1. The SMILES string of the molecule is CCC[C@H](O)C[C@@H](O)CC(=O)CCc1ccc2c(c1)O[C@@H]1[C@@H](C#C[C@H](O)c3ccc4c(c3CC3=C5C[NH+]1C=C5N=C3)CCN[C@H]4N)C1(C#CO2)CCCC1. The topological polar surface area (TPSA) is 151 Å².